The number of rotatable bonds is 10. The van der Waals surface area contributed by atoms with Crippen LogP contribution in [0.25, 0.3) is 32.3 Å². The van der Waals surface area contributed by atoms with Crippen LogP contribution in [0.1, 0.15) is 55.3 Å². The first-order chi connectivity index (χ1) is 23.1. The molecule has 2 N–H and O–H groups in total. The van der Waals surface area contributed by atoms with Gasteiger partial charge in [-0.1, -0.05) is 30.3 Å². The molecule has 7 rings (SSSR count). The Balaban J connectivity index is 0.973. The van der Waals surface area contributed by atoms with E-state index in [9.17, 15) is 33.7 Å². The molecule has 0 bridgehead atoms. The number of hydrogen-bond donors (Lipinski definition) is 2. The van der Waals surface area contributed by atoms with Gasteiger partial charge < -0.3 is 10.6 Å². The molecular formula is C36H30FN5O6. The first-order valence-corrected chi connectivity index (χ1v) is 15.6. The second kappa shape index (κ2) is 11.9. The Bertz CT molecular complexity index is 2240. The van der Waals surface area contributed by atoms with Crippen molar-refractivity contribution in [3.8, 4) is 0 Å². The van der Waals surface area contributed by atoms with Gasteiger partial charge in [-0.15, -0.1) is 0 Å². The average Bonchev–Trinajstić information content (AvgIpc) is 3.07. The Kier molecular flexibility index (Phi) is 7.69. The van der Waals surface area contributed by atoms with E-state index in [0.29, 0.717) is 68.6 Å². The number of non-ortho nitro benzene ring substituents is 1. The summed E-state index contributed by atoms with van der Waals surface area (Å²) in [6, 6.07) is 17.8. The van der Waals surface area contributed by atoms with Crippen molar-refractivity contribution in [3.63, 3.8) is 0 Å². The van der Waals surface area contributed by atoms with E-state index in [4.69, 9.17) is 0 Å². The minimum absolute atomic E-state index is 0.125. The lowest BCUT2D eigenvalue weighted by Crippen LogP contribution is -2.51. The summed E-state index contributed by atoms with van der Waals surface area (Å²) < 4.78 is 14.1. The van der Waals surface area contributed by atoms with Crippen LogP contribution in [-0.2, 0) is 0 Å². The van der Waals surface area contributed by atoms with E-state index in [1.165, 1.54) is 29.2 Å². The number of nitrogens with one attached hydrogen (secondary N) is 2. The summed E-state index contributed by atoms with van der Waals surface area (Å²) in [5, 5.41) is 21.4. The molecule has 0 radical (unpaired) electrons. The molecule has 0 aromatic heterocycles. The summed E-state index contributed by atoms with van der Waals surface area (Å²) >= 11 is 0. The minimum Gasteiger partial charge on any atom is -0.313 e. The van der Waals surface area contributed by atoms with E-state index in [-0.39, 0.29) is 17.8 Å². The number of amides is 4. The molecule has 0 unspecified atom stereocenters. The van der Waals surface area contributed by atoms with Crippen molar-refractivity contribution in [1.29, 1.82) is 0 Å². The molecule has 2 aliphatic rings. The molecule has 0 aliphatic carbocycles. The van der Waals surface area contributed by atoms with Crippen molar-refractivity contribution in [1.82, 2.24) is 20.4 Å². The SMILES string of the molecule is C[C@H](CNCCNC[C@@H](C)N1C(=O)c2cccc3c2c(cc2ccc(F)cc23)C1=O)N1C(=O)c2cccc3cc([N+](=O)[O-])cc(c23)C1=O. The number of fused-ring (bicyclic) bond motifs is 2. The molecule has 0 saturated carbocycles. The number of benzene rings is 5. The normalized spacial score (nSPS) is 15.6. The fourth-order valence-electron chi connectivity index (χ4n) is 6.88. The van der Waals surface area contributed by atoms with Crippen molar-refractivity contribution >= 4 is 61.6 Å². The number of carbonyl (C=O) groups is 4. The Morgan fingerprint density at radius 2 is 1.23 bits per heavy atom. The largest absolute Gasteiger partial charge is 0.313 e. The summed E-state index contributed by atoms with van der Waals surface area (Å²) in [5.41, 5.74) is 1.02. The number of imide groups is 2. The number of nitro groups is 1. The fourth-order valence-corrected chi connectivity index (χ4v) is 6.88. The monoisotopic (exact) mass is 647 g/mol. The molecule has 2 aliphatic heterocycles. The lowest BCUT2D eigenvalue weighted by atomic mass is 9.89. The van der Waals surface area contributed by atoms with Gasteiger partial charge in [0.05, 0.1) is 10.5 Å². The summed E-state index contributed by atoms with van der Waals surface area (Å²) in [6.07, 6.45) is 0. The maximum atomic E-state index is 14.1. The van der Waals surface area contributed by atoms with Crippen molar-refractivity contribution in [2.75, 3.05) is 26.2 Å². The lowest BCUT2D eigenvalue weighted by Gasteiger charge is -2.32. The van der Waals surface area contributed by atoms with Crippen molar-refractivity contribution in [3.05, 3.63) is 111 Å². The second-order valence-corrected chi connectivity index (χ2v) is 12.2. The molecule has 4 amide bonds. The van der Waals surface area contributed by atoms with Crippen LogP contribution in [0, 0.1) is 15.9 Å². The highest BCUT2D eigenvalue weighted by Gasteiger charge is 2.38. The second-order valence-electron chi connectivity index (χ2n) is 12.2. The van der Waals surface area contributed by atoms with Gasteiger partial charge in [0.1, 0.15) is 5.82 Å². The molecule has 5 aromatic carbocycles. The number of carbonyl (C=O) groups excluding carboxylic acids is 4. The summed E-state index contributed by atoms with van der Waals surface area (Å²) in [4.78, 5) is 67.3. The summed E-state index contributed by atoms with van der Waals surface area (Å²) in [7, 11) is 0. The Labute approximate surface area is 273 Å². The standard InChI is InChI=1S/C36H30FN5O6/c1-19(40-33(43)26-7-3-5-22-13-24(42(47)48)16-30(31(22)26)36(40)46)17-38-11-12-39-18-20(2)41-34(44)27-8-4-6-25-28-15-23(37)10-9-21(28)14-29(32(25)27)35(41)45/h3-10,13-16,19-20,38-39H,11-12,17-18H2,1-2H3/t19-,20-/m1/s1. The van der Waals surface area contributed by atoms with Gasteiger partial charge in [0.15, 0.2) is 0 Å². The zero-order chi connectivity index (χ0) is 33.9. The van der Waals surface area contributed by atoms with E-state index in [2.05, 4.69) is 10.6 Å². The van der Waals surface area contributed by atoms with Crippen LogP contribution in [0.4, 0.5) is 10.1 Å². The molecule has 0 spiro atoms. The maximum absolute atomic E-state index is 14.1. The van der Waals surface area contributed by atoms with Gasteiger partial charge in [-0.05, 0) is 65.7 Å². The van der Waals surface area contributed by atoms with Gasteiger partial charge in [-0.2, -0.15) is 0 Å². The molecule has 242 valence electrons. The third-order valence-corrected chi connectivity index (χ3v) is 9.15. The minimum atomic E-state index is -0.582. The molecule has 0 saturated heterocycles. The van der Waals surface area contributed by atoms with Gasteiger partial charge in [0.25, 0.3) is 29.3 Å². The van der Waals surface area contributed by atoms with Gasteiger partial charge in [-0.25, -0.2) is 4.39 Å². The molecule has 12 heteroatoms. The van der Waals surface area contributed by atoms with Crippen molar-refractivity contribution < 1.29 is 28.5 Å². The highest BCUT2D eigenvalue weighted by atomic mass is 19.1. The predicted octanol–water partition coefficient (Wildman–Crippen LogP) is 5.04. The van der Waals surface area contributed by atoms with Crippen molar-refractivity contribution in [2.24, 2.45) is 0 Å². The van der Waals surface area contributed by atoms with Crippen LogP contribution in [0.3, 0.4) is 0 Å². The molecule has 48 heavy (non-hydrogen) atoms. The molecule has 11 nitrogen and oxygen atoms in total. The van der Waals surface area contributed by atoms with Gasteiger partial charge in [0, 0.05) is 77.9 Å². The molecule has 2 heterocycles. The van der Waals surface area contributed by atoms with Gasteiger partial charge in [-0.3, -0.25) is 39.1 Å². The first-order valence-electron chi connectivity index (χ1n) is 15.6. The molecule has 2 atom stereocenters. The number of nitrogens with zero attached hydrogens (tertiary/aromatic N) is 3. The fraction of sp³-hybridized carbons (Fsp3) is 0.222. The van der Waals surface area contributed by atoms with E-state index < -0.39 is 46.5 Å². The highest BCUT2D eigenvalue weighted by molar-refractivity contribution is 6.29. The number of hydrogen-bond acceptors (Lipinski definition) is 8. The Morgan fingerprint density at radius 1 is 0.667 bits per heavy atom. The molecule has 5 aromatic rings. The maximum Gasteiger partial charge on any atom is 0.270 e. The zero-order valence-electron chi connectivity index (χ0n) is 26.1. The predicted molar refractivity (Wildman–Crippen MR) is 178 cm³/mol. The van der Waals surface area contributed by atoms with E-state index in [1.807, 2.05) is 0 Å². The lowest BCUT2D eigenvalue weighted by molar-refractivity contribution is -0.384. The molecular weight excluding hydrogens is 617 g/mol. The van der Waals surface area contributed by atoms with E-state index in [0.717, 1.165) is 4.90 Å². The number of nitro benzene ring substituents is 1. The first kappa shape index (κ1) is 31.0. The van der Waals surface area contributed by atoms with Crippen LogP contribution in [0.15, 0.2) is 72.8 Å². The van der Waals surface area contributed by atoms with Gasteiger partial charge in [0.2, 0.25) is 0 Å². The third kappa shape index (κ3) is 4.97. The third-order valence-electron chi connectivity index (χ3n) is 9.15. The smallest absolute Gasteiger partial charge is 0.270 e. The topological polar surface area (TPSA) is 142 Å². The molecule has 0 fully saturated rings. The van der Waals surface area contributed by atoms with E-state index >= 15 is 0 Å². The van der Waals surface area contributed by atoms with E-state index in [1.54, 1.807) is 62.4 Å². The summed E-state index contributed by atoms with van der Waals surface area (Å²) in [5.74, 6) is -2.25. The van der Waals surface area contributed by atoms with Crippen molar-refractivity contribution in [2.45, 2.75) is 25.9 Å². The quantitative estimate of drug-likeness (QED) is 0.0706. The average molecular weight is 648 g/mol. The van der Waals surface area contributed by atoms with Crippen LogP contribution in [0.2, 0.25) is 0 Å². The van der Waals surface area contributed by atoms with Crippen LogP contribution in [-0.4, -0.2) is 76.6 Å². The number of halogens is 1. The van der Waals surface area contributed by atoms with Crippen LogP contribution in [0.5, 0.6) is 0 Å². The van der Waals surface area contributed by atoms with Crippen LogP contribution < -0.4 is 10.6 Å². The Hall–Kier alpha value is -5.59. The van der Waals surface area contributed by atoms with Crippen LogP contribution >= 0.6 is 0 Å². The van der Waals surface area contributed by atoms with Gasteiger partial charge >= 0.3 is 0 Å². The highest BCUT2D eigenvalue weighted by Crippen LogP contribution is 2.37. The zero-order valence-corrected chi connectivity index (χ0v) is 26.1. The summed E-state index contributed by atoms with van der Waals surface area (Å²) in [6.45, 7) is 5.03. The Morgan fingerprint density at radius 3 is 1.85 bits per heavy atom.